The van der Waals surface area contributed by atoms with E-state index in [2.05, 4.69) is 5.32 Å². The fraction of sp³-hybridized carbons (Fsp3) is 0.348. The summed E-state index contributed by atoms with van der Waals surface area (Å²) in [6.07, 6.45) is -0.732. The van der Waals surface area contributed by atoms with Crippen molar-refractivity contribution < 1.29 is 29.0 Å². The Hall–Kier alpha value is -3.39. The molecule has 0 aliphatic heterocycles. The minimum Gasteiger partial charge on any atom is -0.480 e. The summed E-state index contributed by atoms with van der Waals surface area (Å²) in [6, 6.07) is 15.1. The number of nitrogens with zero attached hydrogens (tertiary/aromatic N) is 1. The molecule has 8 nitrogen and oxygen atoms in total. The molecule has 1 atom stereocenters. The van der Waals surface area contributed by atoms with Gasteiger partial charge in [0.15, 0.2) is 0 Å². The molecular weight excluding hydrogens is 400 g/mol. The molecule has 31 heavy (non-hydrogen) atoms. The van der Waals surface area contributed by atoms with Crippen molar-refractivity contribution in [1.29, 1.82) is 0 Å². The maximum absolute atomic E-state index is 12.5. The number of carbonyl (C=O) groups excluding carboxylic acids is 2. The normalized spacial score (nSPS) is 13.1. The van der Waals surface area contributed by atoms with Crippen molar-refractivity contribution >= 4 is 18.0 Å². The van der Waals surface area contributed by atoms with E-state index in [0.29, 0.717) is 0 Å². The Balaban J connectivity index is 1.61. The van der Waals surface area contributed by atoms with Crippen molar-refractivity contribution in [2.75, 3.05) is 33.4 Å². The smallest absolute Gasteiger partial charge is 0.407 e. The van der Waals surface area contributed by atoms with Gasteiger partial charge in [-0.05, 0) is 29.2 Å². The highest BCUT2D eigenvalue weighted by atomic mass is 16.5. The Morgan fingerprint density at radius 1 is 1.06 bits per heavy atom. The van der Waals surface area contributed by atoms with Crippen LogP contribution >= 0.6 is 0 Å². The topological polar surface area (TPSA) is 105 Å². The van der Waals surface area contributed by atoms with E-state index in [4.69, 9.17) is 14.6 Å². The van der Waals surface area contributed by atoms with Crippen LogP contribution in [0.2, 0.25) is 0 Å². The number of benzene rings is 2. The molecule has 0 bridgehead atoms. The molecule has 0 saturated heterocycles. The molecule has 1 aliphatic carbocycles. The van der Waals surface area contributed by atoms with E-state index >= 15 is 0 Å². The molecule has 0 saturated carbocycles. The van der Waals surface area contributed by atoms with Gasteiger partial charge in [-0.25, -0.2) is 4.79 Å². The summed E-state index contributed by atoms with van der Waals surface area (Å²) in [7, 11) is 1.46. The van der Waals surface area contributed by atoms with Gasteiger partial charge in [-0.2, -0.15) is 0 Å². The Labute approximate surface area is 180 Å². The van der Waals surface area contributed by atoms with Gasteiger partial charge in [0.1, 0.15) is 19.2 Å². The predicted molar refractivity (Wildman–Crippen MR) is 114 cm³/mol. The molecule has 0 fully saturated rings. The van der Waals surface area contributed by atoms with Gasteiger partial charge in [0.25, 0.3) is 0 Å². The predicted octanol–water partition coefficient (Wildman–Crippen LogP) is 2.47. The summed E-state index contributed by atoms with van der Waals surface area (Å²) in [5.41, 5.74) is 4.43. The number of nitrogens with one attached hydrogen (secondary N) is 1. The lowest BCUT2D eigenvalue weighted by molar-refractivity contribution is -0.145. The first kappa shape index (κ1) is 22.3. The summed E-state index contributed by atoms with van der Waals surface area (Å²) >= 11 is 0. The average Bonchev–Trinajstić information content (AvgIpc) is 3.08. The van der Waals surface area contributed by atoms with Crippen LogP contribution in [0.15, 0.2) is 48.5 Å². The van der Waals surface area contributed by atoms with Crippen molar-refractivity contribution in [2.45, 2.75) is 18.9 Å². The van der Waals surface area contributed by atoms with Crippen molar-refractivity contribution in [3.8, 4) is 11.1 Å². The van der Waals surface area contributed by atoms with Crippen LogP contribution in [0.3, 0.4) is 0 Å². The number of rotatable bonds is 9. The molecule has 2 N–H and O–H groups in total. The van der Waals surface area contributed by atoms with E-state index in [-0.39, 0.29) is 25.7 Å². The van der Waals surface area contributed by atoms with E-state index in [1.807, 2.05) is 48.5 Å². The first-order chi connectivity index (χ1) is 14.9. The van der Waals surface area contributed by atoms with Crippen LogP contribution < -0.4 is 5.32 Å². The lowest BCUT2D eigenvalue weighted by Crippen LogP contribution is -2.49. The molecule has 8 heteroatoms. The van der Waals surface area contributed by atoms with Crippen LogP contribution in [0.4, 0.5) is 4.79 Å². The third kappa shape index (κ3) is 5.21. The second-order valence-corrected chi connectivity index (χ2v) is 7.34. The van der Waals surface area contributed by atoms with E-state index in [1.165, 1.54) is 14.0 Å². The fourth-order valence-corrected chi connectivity index (χ4v) is 3.78. The molecule has 0 heterocycles. The summed E-state index contributed by atoms with van der Waals surface area (Å²) in [4.78, 5) is 37.0. The van der Waals surface area contributed by atoms with Crippen LogP contribution in [0.5, 0.6) is 0 Å². The lowest BCUT2D eigenvalue weighted by atomic mass is 9.98. The molecule has 3 rings (SSSR count). The molecule has 2 aromatic carbocycles. The zero-order chi connectivity index (χ0) is 22.4. The summed E-state index contributed by atoms with van der Waals surface area (Å²) in [5, 5.41) is 11.5. The van der Waals surface area contributed by atoms with Crippen molar-refractivity contribution in [1.82, 2.24) is 10.2 Å². The van der Waals surface area contributed by atoms with Crippen LogP contribution in [0.25, 0.3) is 11.1 Å². The largest absolute Gasteiger partial charge is 0.480 e. The van der Waals surface area contributed by atoms with Gasteiger partial charge in [0.2, 0.25) is 5.91 Å². The van der Waals surface area contributed by atoms with Gasteiger partial charge in [0, 0.05) is 19.6 Å². The van der Waals surface area contributed by atoms with Crippen LogP contribution in [-0.4, -0.2) is 67.4 Å². The molecule has 1 aliphatic rings. The van der Waals surface area contributed by atoms with Crippen LogP contribution in [-0.2, 0) is 19.1 Å². The standard InChI is InChI=1S/C23H26N2O6/c1-15(22(28)25(11-12-30-2)13-21(26)27)24-23(29)31-14-20-18-9-5-3-7-16(18)17-8-4-6-10-19(17)20/h3-10,15,20H,11-14H2,1-2H3,(H,24,29)(H,26,27). The monoisotopic (exact) mass is 426 g/mol. The number of carbonyl (C=O) groups is 3. The minimum atomic E-state index is -1.14. The number of carboxylic acid groups (broad SMARTS) is 1. The number of fused-ring (bicyclic) bond motifs is 3. The van der Waals surface area contributed by atoms with Gasteiger partial charge < -0.3 is 24.8 Å². The molecule has 1 unspecified atom stereocenters. The number of ether oxygens (including phenoxy) is 2. The number of amides is 2. The maximum Gasteiger partial charge on any atom is 0.407 e. The molecular formula is C23H26N2O6. The van der Waals surface area contributed by atoms with Crippen molar-refractivity contribution in [2.24, 2.45) is 0 Å². The summed E-state index contributed by atoms with van der Waals surface area (Å²) < 4.78 is 10.4. The Morgan fingerprint density at radius 3 is 2.19 bits per heavy atom. The maximum atomic E-state index is 12.5. The van der Waals surface area contributed by atoms with Crippen LogP contribution in [0, 0.1) is 0 Å². The Bertz CT molecular complexity index is 915. The molecule has 164 valence electrons. The second-order valence-electron chi connectivity index (χ2n) is 7.34. The van der Waals surface area contributed by atoms with E-state index in [0.717, 1.165) is 27.2 Å². The zero-order valence-electron chi connectivity index (χ0n) is 17.5. The highest BCUT2D eigenvalue weighted by molar-refractivity contribution is 5.87. The molecule has 2 aromatic rings. The number of hydrogen-bond acceptors (Lipinski definition) is 5. The lowest BCUT2D eigenvalue weighted by Gasteiger charge is -2.24. The van der Waals surface area contributed by atoms with Crippen molar-refractivity contribution in [3.63, 3.8) is 0 Å². The molecule has 0 radical (unpaired) electrons. The van der Waals surface area contributed by atoms with E-state index in [9.17, 15) is 14.4 Å². The Morgan fingerprint density at radius 2 is 1.65 bits per heavy atom. The first-order valence-corrected chi connectivity index (χ1v) is 10.0. The number of methoxy groups -OCH3 is 1. The van der Waals surface area contributed by atoms with Gasteiger partial charge in [0.05, 0.1) is 6.61 Å². The quantitative estimate of drug-likeness (QED) is 0.638. The van der Waals surface area contributed by atoms with Gasteiger partial charge in [-0.3, -0.25) is 9.59 Å². The molecule has 0 aromatic heterocycles. The van der Waals surface area contributed by atoms with Gasteiger partial charge >= 0.3 is 12.1 Å². The number of hydrogen-bond donors (Lipinski definition) is 2. The van der Waals surface area contributed by atoms with E-state index in [1.54, 1.807) is 0 Å². The summed E-state index contributed by atoms with van der Waals surface area (Å²) in [5.74, 6) is -1.75. The van der Waals surface area contributed by atoms with Crippen molar-refractivity contribution in [3.05, 3.63) is 59.7 Å². The van der Waals surface area contributed by atoms with E-state index < -0.39 is 30.6 Å². The zero-order valence-corrected chi connectivity index (χ0v) is 17.5. The first-order valence-electron chi connectivity index (χ1n) is 10.0. The van der Waals surface area contributed by atoms with Gasteiger partial charge in [-0.1, -0.05) is 48.5 Å². The fourth-order valence-electron chi connectivity index (χ4n) is 3.78. The third-order valence-electron chi connectivity index (χ3n) is 5.25. The SMILES string of the molecule is COCCN(CC(=O)O)C(=O)C(C)NC(=O)OCC1c2ccccc2-c2ccccc21. The third-order valence-corrected chi connectivity index (χ3v) is 5.25. The molecule has 2 amide bonds. The minimum absolute atomic E-state index is 0.0885. The average molecular weight is 426 g/mol. The summed E-state index contributed by atoms with van der Waals surface area (Å²) in [6.45, 7) is 1.45. The number of carboxylic acids is 1. The molecule has 0 spiro atoms. The Kier molecular flexibility index (Phi) is 7.25. The highest BCUT2D eigenvalue weighted by Gasteiger charge is 2.30. The van der Waals surface area contributed by atoms with Crippen LogP contribution in [0.1, 0.15) is 24.0 Å². The number of aliphatic carboxylic acids is 1. The highest BCUT2D eigenvalue weighted by Crippen LogP contribution is 2.44. The second kappa shape index (κ2) is 10.1. The number of alkyl carbamates (subject to hydrolysis) is 1. The van der Waals surface area contributed by atoms with Gasteiger partial charge in [-0.15, -0.1) is 0 Å².